The second kappa shape index (κ2) is 4.17. The van der Waals surface area contributed by atoms with E-state index in [9.17, 15) is 0 Å². The first kappa shape index (κ1) is 10.8. The third kappa shape index (κ3) is 2.35. The zero-order valence-corrected chi connectivity index (χ0v) is 10.3. The molecular formula is C13H20N4. The van der Waals surface area contributed by atoms with Crippen LogP contribution in [0.3, 0.4) is 0 Å². The van der Waals surface area contributed by atoms with Crippen LogP contribution in [-0.4, -0.2) is 16.0 Å². The average Bonchev–Trinajstić information content (AvgIpc) is 3.05. The Bertz CT molecular complexity index is 414. The van der Waals surface area contributed by atoms with Crippen molar-refractivity contribution in [2.45, 2.75) is 51.0 Å². The number of aromatic nitrogens is 2. The molecule has 0 amide bonds. The lowest BCUT2D eigenvalue weighted by Gasteiger charge is -2.18. The van der Waals surface area contributed by atoms with Gasteiger partial charge in [0, 0.05) is 18.0 Å². The monoisotopic (exact) mass is 232 g/mol. The summed E-state index contributed by atoms with van der Waals surface area (Å²) >= 11 is 0. The smallest absolute Gasteiger partial charge is 0.136 e. The highest BCUT2D eigenvalue weighted by Crippen LogP contribution is 2.39. The van der Waals surface area contributed by atoms with Crippen molar-refractivity contribution in [1.29, 1.82) is 0 Å². The van der Waals surface area contributed by atoms with Crippen molar-refractivity contribution in [3.05, 3.63) is 11.9 Å². The summed E-state index contributed by atoms with van der Waals surface area (Å²) in [6, 6.07) is 2.41. The number of hydrogen-bond acceptors (Lipinski definition) is 4. The van der Waals surface area contributed by atoms with Crippen LogP contribution in [0.2, 0.25) is 0 Å². The standard InChI is InChI=1S/C13H20N4/c1-8-3-2-4-10(8)15-12-7-11(14)16-13(17-12)9-5-6-9/h7-10H,2-6H2,1H3,(H3,14,15,16,17). The first-order chi connectivity index (χ1) is 8.22. The Morgan fingerprint density at radius 1 is 1.24 bits per heavy atom. The van der Waals surface area contributed by atoms with E-state index in [0.29, 0.717) is 17.8 Å². The molecule has 0 aliphatic heterocycles. The molecule has 0 bridgehead atoms. The van der Waals surface area contributed by atoms with Gasteiger partial charge in [0.1, 0.15) is 17.5 Å². The summed E-state index contributed by atoms with van der Waals surface area (Å²) in [6.07, 6.45) is 6.29. The summed E-state index contributed by atoms with van der Waals surface area (Å²) in [6.45, 7) is 2.30. The molecule has 1 heterocycles. The fraction of sp³-hybridized carbons (Fsp3) is 0.692. The SMILES string of the molecule is CC1CCCC1Nc1cc(N)nc(C2CC2)n1. The number of nitrogen functional groups attached to an aromatic ring is 1. The second-order valence-corrected chi connectivity index (χ2v) is 5.47. The van der Waals surface area contributed by atoms with E-state index in [2.05, 4.69) is 22.2 Å². The molecule has 92 valence electrons. The van der Waals surface area contributed by atoms with Gasteiger partial charge in [0.2, 0.25) is 0 Å². The van der Waals surface area contributed by atoms with Crippen LogP contribution in [0.4, 0.5) is 11.6 Å². The number of anilines is 2. The van der Waals surface area contributed by atoms with E-state index >= 15 is 0 Å². The molecule has 2 saturated carbocycles. The predicted octanol–water partition coefficient (Wildman–Crippen LogP) is 2.54. The van der Waals surface area contributed by atoms with Gasteiger partial charge in [0.25, 0.3) is 0 Å². The van der Waals surface area contributed by atoms with Crippen molar-refractivity contribution >= 4 is 11.6 Å². The highest BCUT2D eigenvalue weighted by atomic mass is 15.1. The Kier molecular flexibility index (Phi) is 2.65. The van der Waals surface area contributed by atoms with E-state index in [1.165, 1.54) is 32.1 Å². The third-order valence-electron chi connectivity index (χ3n) is 3.90. The van der Waals surface area contributed by atoms with Gasteiger partial charge in [0.15, 0.2) is 0 Å². The van der Waals surface area contributed by atoms with Gasteiger partial charge < -0.3 is 11.1 Å². The Hall–Kier alpha value is -1.32. The molecule has 1 aromatic rings. The number of nitrogens with one attached hydrogen (secondary N) is 1. The van der Waals surface area contributed by atoms with Crippen molar-refractivity contribution in [3.63, 3.8) is 0 Å². The topological polar surface area (TPSA) is 63.8 Å². The number of nitrogens with two attached hydrogens (primary N) is 1. The quantitative estimate of drug-likeness (QED) is 0.840. The molecule has 2 fully saturated rings. The van der Waals surface area contributed by atoms with Crippen molar-refractivity contribution in [1.82, 2.24) is 9.97 Å². The van der Waals surface area contributed by atoms with Crippen LogP contribution in [0.25, 0.3) is 0 Å². The van der Waals surface area contributed by atoms with Gasteiger partial charge in [-0.25, -0.2) is 9.97 Å². The van der Waals surface area contributed by atoms with Crippen molar-refractivity contribution in [2.75, 3.05) is 11.1 Å². The van der Waals surface area contributed by atoms with Crippen LogP contribution >= 0.6 is 0 Å². The summed E-state index contributed by atoms with van der Waals surface area (Å²) in [7, 11) is 0. The molecule has 3 rings (SSSR count). The molecule has 2 atom stereocenters. The number of rotatable bonds is 3. The van der Waals surface area contributed by atoms with E-state index in [0.717, 1.165) is 17.6 Å². The van der Waals surface area contributed by atoms with E-state index in [1.54, 1.807) is 0 Å². The van der Waals surface area contributed by atoms with Gasteiger partial charge in [-0.05, 0) is 31.6 Å². The summed E-state index contributed by atoms with van der Waals surface area (Å²) < 4.78 is 0. The molecule has 0 saturated heterocycles. The van der Waals surface area contributed by atoms with Crippen molar-refractivity contribution in [3.8, 4) is 0 Å². The van der Waals surface area contributed by atoms with E-state index in [1.807, 2.05) is 6.07 Å². The van der Waals surface area contributed by atoms with Gasteiger partial charge >= 0.3 is 0 Å². The largest absolute Gasteiger partial charge is 0.384 e. The Labute approximate surface area is 102 Å². The van der Waals surface area contributed by atoms with Crippen molar-refractivity contribution < 1.29 is 0 Å². The summed E-state index contributed by atoms with van der Waals surface area (Å²) in [5.41, 5.74) is 5.84. The van der Waals surface area contributed by atoms with E-state index < -0.39 is 0 Å². The van der Waals surface area contributed by atoms with Crippen LogP contribution in [-0.2, 0) is 0 Å². The van der Waals surface area contributed by atoms with Gasteiger partial charge in [-0.1, -0.05) is 13.3 Å². The summed E-state index contributed by atoms with van der Waals surface area (Å²) in [4.78, 5) is 8.91. The maximum atomic E-state index is 5.84. The lowest BCUT2D eigenvalue weighted by molar-refractivity contribution is 0.554. The molecule has 2 aliphatic carbocycles. The molecule has 3 N–H and O–H groups in total. The molecule has 0 radical (unpaired) electrons. The minimum atomic E-state index is 0.552. The molecule has 4 nitrogen and oxygen atoms in total. The maximum absolute atomic E-state index is 5.84. The van der Waals surface area contributed by atoms with Gasteiger partial charge in [-0.15, -0.1) is 0 Å². The third-order valence-corrected chi connectivity index (χ3v) is 3.90. The predicted molar refractivity (Wildman–Crippen MR) is 68.8 cm³/mol. The minimum Gasteiger partial charge on any atom is -0.384 e. The fourth-order valence-corrected chi connectivity index (χ4v) is 2.63. The Balaban J connectivity index is 1.77. The Morgan fingerprint density at radius 3 is 2.71 bits per heavy atom. The number of nitrogens with zero attached hydrogens (tertiary/aromatic N) is 2. The van der Waals surface area contributed by atoms with Crippen LogP contribution < -0.4 is 11.1 Å². The lowest BCUT2D eigenvalue weighted by Crippen LogP contribution is -2.23. The van der Waals surface area contributed by atoms with Crippen molar-refractivity contribution in [2.24, 2.45) is 5.92 Å². The molecule has 4 heteroatoms. The number of hydrogen-bond donors (Lipinski definition) is 2. The van der Waals surface area contributed by atoms with Gasteiger partial charge in [-0.3, -0.25) is 0 Å². The Morgan fingerprint density at radius 2 is 2.06 bits per heavy atom. The lowest BCUT2D eigenvalue weighted by atomic mass is 10.1. The van der Waals surface area contributed by atoms with Gasteiger partial charge in [0.05, 0.1) is 0 Å². The summed E-state index contributed by atoms with van der Waals surface area (Å²) in [5.74, 6) is 3.72. The first-order valence-corrected chi connectivity index (χ1v) is 6.63. The maximum Gasteiger partial charge on any atom is 0.136 e. The first-order valence-electron chi connectivity index (χ1n) is 6.63. The van der Waals surface area contributed by atoms with Crippen LogP contribution in [0.5, 0.6) is 0 Å². The van der Waals surface area contributed by atoms with Crippen LogP contribution in [0, 0.1) is 5.92 Å². The average molecular weight is 232 g/mol. The molecular weight excluding hydrogens is 212 g/mol. The molecule has 17 heavy (non-hydrogen) atoms. The molecule has 2 unspecified atom stereocenters. The summed E-state index contributed by atoms with van der Waals surface area (Å²) in [5, 5.41) is 3.52. The normalized spacial score (nSPS) is 28.3. The molecule has 2 aliphatic rings. The van der Waals surface area contributed by atoms with E-state index in [4.69, 9.17) is 5.73 Å². The zero-order chi connectivity index (χ0) is 11.8. The van der Waals surface area contributed by atoms with E-state index in [-0.39, 0.29) is 0 Å². The van der Waals surface area contributed by atoms with Crippen LogP contribution in [0.1, 0.15) is 50.8 Å². The highest BCUT2D eigenvalue weighted by molar-refractivity contribution is 5.46. The molecule has 0 spiro atoms. The minimum absolute atomic E-state index is 0.552. The zero-order valence-electron chi connectivity index (χ0n) is 10.3. The van der Waals surface area contributed by atoms with Crippen LogP contribution in [0.15, 0.2) is 6.07 Å². The molecule has 0 aromatic carbocycles. The molecule has 1 aromatic heterocycles. The fourth-order valence-electron chi connectivity index (χ4n) is 2.63. The van der Waals surface area contributed by atoms with Gasteiger partial charge in [-0.2, -0.15) is 0 Å². The second-order valence-electron chi connectivity index (χ2n) is 5.47. The highest BCUT2D eigenvalue weighted by Gasteiger charge is 2.28.